The van der Waals surface area contributed by atoms with Gasteiger partial charge in [-0.25, -0.2) is 0 Å². The molecule has 0 saturated heterocycles. The van der Waals surface area contributed by atoms with Gasteiger partial charge in [0.25, 0.3) is 0 Å². The molecule has 0 radical (unpaired) electrons. The van der Waals surface area contributed by atoms with Gasteiger partial charge < -0.3 is 0 Å². The second-order valence-corrected chi connectivity index (χ2v) is 2.63. The summed E-state index contributed by atoms with van der Waals surface area (Å²) in [7, 11) is 0. The van der Waals surface area contributed by atoms with E-state index >= 15 is 0 Å². The van der Waals surface area contributed by atoms with E-state index in [-0.39, 0.29) is 0 Å². The summed E-state index contributed by atoms with van der Waals surface area (Å²) in [6, 6.07) is 0. The standard InChI is InChI=1S/C5H9N.C3H5N3/c2*1-2-4-6-5-3-1/h4H,1-3,5H2;2H,1,3H2. The zero-order valence-electron chi connectivity index (χ0n) is 7.19. The zero-order chi connectivity index (χ0) is 8.49. The Labute approximate surface area is 72.5 Å². The highest BCUT2D eigenvalue weighted by atomic mass is 15.4. The fourth-order valence-corrected chi connectivity index (χ4v) is 0.912. The quantitative estimate of drug-likeness (QED) is 0.529. The molecule has 2 heterocycles. The molecule has 0 aromatic heterocycles. The number of nitrogens with zero attached hydrogens (tertiary/aromatic N) is 4. The second-order valence-electron chi connectivity index (χ2n) is 2.63. The van der Waals surface area contributed by atoms with Crippen LogP contribution in [0.1, 0.15) is 25.7 Å². The number of rotatable bonds is 0. The molecule has 0 fully saturated rings. The molecule has 0 atom stereocenters. The predicted octanol–water partition coefficient (Wildman–Crippen LogP) is 2.07. The van der Waals surface area contributed by atoms with Crippen LogP contribution in [0.5, 0.6) is 0 Å². The fraction of sp³-hybridized carbons (Fsp3) is 0.750. The van der Waals surface area contributed by atoms with Crippen molar-refractivity contribution in [1.29, 1.82) is 0 Å². The molecule has 0 amide bonds. The van der Waals surface area contributed by atoms with Gasteiger partial charge in [0, 0.05) is 19.2 Å². The van der Waals surface area contributed by atoms with Crippen LogP contribution in [-0.4, -0.2) is 25.5 Å². The number of hydrogen-bond acceptors (Lipinski definition) is 4. The summed E-state index contributed by atoms with van der Waals surface area (Å²) in [6.07, 6.45) is 8.58. The highest BCUT2D eigenvalue weighted by molar-refractivity contribution is 5.57. The molecule has 4 heteroatoms. The summed E-state index contributed by atoms with van der Waals surface area (Å²) < 4.78 is 0. The second kappa shape index (κ2) is 6.64. The normalized spacial score (nSPS) is 20.0. The highest BCUT2D eigenvalue weighted by Gasteiger charge is 1.88. The fourth-order valence-electron chi connectivity index (χ4n) is 0.912. The van der Waals surface area contributed by atoms with Crippen LogP contribution in [0, 0.1) is 0 Å². The van der Waals surface area contributed by atoms with E-state index in [1.165, 1.54) is 19.3 Å². The monoisotopic (exact) mass is 166 g/mol. The topological polar surface area (TPSA) is 49.4 Å². The Hall–Kier alpha value is -1.06. The van der Waals surface area contributed by atoms with Crippen molar-refractivity contribution in [1.82, 2.24) is 0 Å². The van der Waals surface area contributed by atoms with Crippen molar-refractivity contribution in [2.75, 3.05) is 13.1 Å². The molecule has 0 spiro atoms. The first-order chi connectivity index (χ1) is 6.00. The molecule has 2 rings (SSSR count). The molecule has 2 aliphatic rings. The van der Waals surface area contributed by atoms with Gasteiger partial charge in [-0.1, -0.05) is 0 Å². The largest absolute Gasteiger partial charge is 0.298 e. The molecule has 66 valence electrons. The summed E-state index contributed by atoms with van der Waals surface area (Å²) in [5.41, 5.74) is 0. The maximum Gasteiger partial charge on any atom is 0.0671 e. The lowest BCUT2D eigenvalue weighted by Gasteiger charge is -1.97. The van der Waals surface area contributed by atoms with Crippen LogP contribution >= 0.6 is 0 Å². The van der Waals surface area contributed by atoms with E-state index in [0.717, 1.165) is 19.5 Å². The third-order valence-corrected chi connectivity index (χ3v) is 1.55. The summed E-state index contributed by atoms with van der Waals surface area (Å²) in [4.78, 5) is 4.05. The average molecular weight is 166 g/mol. The lowest BCUT2D eigenvalue weighted by molar-refractivity contribution is 0.749. The molecule has 0 aromatic rings. The van der Waals surface area contributed by atoms with Crippen molar-refractivity contribution in [2.24, 2.45) is 20.4 Å². The van der Waals surface area contributed by atoms with Crippen LogP contribution < -0.4 is 0 Å². The smallest absolute Gasteiger partial charge is 0.0671 e. The van der Waals surface area contributed by atoms with Crippen LogP contribution in [-0.2, 0) is 0 Å². The molecule has 0 aliphatic carbocycles. The van der Waals surface area contributed by atoms with Gasteiger partial charge in [-0.3, -0.25) is 4.99 Å². The molecular weight excluding hydrogens is 152 g/mol. The minimum atomic E-state index is 0.809. The number of hydrogen-bond donors (Lipinski definition) is 0. The Kier molecular flexibility index (Phi) is 5.00. The zero-order valence-corrected chi connectivity index (χ0v) is 7.19. The van der Waals surface area contributed by atoms with Gasteiger partial charge in [0.2, 0.25) is 0 Å². The van der Waals surface area contributed by atoms with Crippen molar-refractivity contribution in [3.05, 3.63) is 0 Å². The summed E-state index contributed by atoms with van der Waals surface area (Å²) >= 11 is 0. The van der Waals surface area contributed by atoms with Gasteiger partial charge in [-0.05, 0) is 30.7 Å². The lowest BCUT2D eigenvalue weighted by atomic mass is 10.2. The van der Waals surface area contributed by atoms with Gasteiger partial charge in [-0.2, -0.15) is 5.11 Å². The lowest BCUT2D eigenvalue weighted by Crippen LogP contribution is -1.89. The maximum absolute atomic E-state index is 4.05. The van der Waals surface area contributed by atoms with Crippen molar-refractivity contribution in [2.45, 2.75) is 25.7 Å². The Balaban J connectivity index is 0.000000120. The van der Waals surface area contributed by atoms with Gasteiger partial charge in [0.1, 0.15) is 0 Å². The number of aliphatic imine (C=N–C) groups is 1. The van der Waals surface area contributed by atoms with Crippen LogP contribution in [0.2, 0.25) is 0 Å². The van der Waals surface area contributed by atoms with Crippen molar-refractivity contribution < 1.29 is 0 Å². The minimum absolute atomic E-state index is 0.809. The van der Waals surface area contributed by atoms with E-state index < -0.39 is 0 Å². The molecule has 4 nitrogen and oxygen atoms in total. The van der Waals surface area contributed by atoms with Crippen LogP contribution in [0.15, 0.2) is 20.4 Å². The minimum Gasteiger partial charge on any atom is -0.298 e. The van der Waals surface area contributed by atoms with Crippen LogP contribution in [0.4, 0.5) is 0 Å². The van der Waals surface area contributed by atoms with Gasteiger partial charge in [0.15, 0.2) is 0 Å². The third-order valence-electron chi connectivity index (χ3n) is 1.55. The third kappa shape index (κ3) is 4.71. The summed E-state index contributed by atoms with van der Waals surface area (Å²) in [6.45, 7) is 1.88. The van der Waals surface area contributed by atoms with Gasteiger partial charge in [-0.15, -0.1) is 5.10 Å². The molecule has 0 saturated carbocycles. The first-order valence-electron chi connectivity index (χ1n) is 4.37. The van der Waals surface area contributed by atoms with Gasteiger partial charge in [0.05, 0.1) is 6.54 Å². The average Bonchev–Trinajstić information content (AvgIpc) is 2.24. The maximum atomic E-state index is 4.05. The van der Waals surface area contributed by atoms with Crippen molar-refractivity contribution in [3.8, 4) is 0 Å². The van der Waals surface area contributed by atoms with E-state index in [2.05, 4.69) is 20.4 Å². The SMILES string of the molecule is C1=NCCCC1.C1=NN=NCC1. The van der Waals surface area contributed by atoms with E-state index in [1.807, 2.05) is 6.21 Å². The molecule has 2 aliphatic heterocycles. The van der Waals surface area contributed by atoms with Gasteiger partial charge >= 0.3 is 0 Å². The summed E-state index contributed by atoms with van der Waals surface area (Å²) in [5, 5.41) is 10.5. The Morgan fingerprint density at radius 3 is 2.08 bits per heavy atom. The highest BCUT2D eigenvalue weighted by Crippen LogP contribution is 1.97. The van der Waals surface area contributed by atoms with E-state index in [0.29, 0.717) is 0 Å². The Morgan fingerprint density at radius 2 is 1.92 bits per heavy atom. The molecule has 12 heavy (non-hydrogen) atoms. The van der Waals surface area contributed by atoms with E-state index in [4.69, 9.17) is 0 Å². The first kappa shape index (κ1) is 9.03. The Bertz CT molecular complexity index is 163. The van der Waals surface area contributed by atoms with Crippen molar-refractivity contribution in [3.63, 3.8) is 0 Å². The van der Waals surface area contributed by atoms with Crippen molar-refractivity contribution >= 4 is 12.4 Å². The first-order valence-corrected chi connectivity index (χ1v) is 4.37. The van der Waals surface area contributed by atoms with Crippen LogP contribution in [0.3, 0.4) is 0 Å². The Morgan fingerprint density at radius 1 is 0.917 bits per heavy atom. The molecule has 0 aromatic carbocycles. The molecule has 0 unspecified atom stereocenters. The summed E-state index contributed by atoms with van der Waals surface area (Å²) in [5.74, 6) is 0. The van der Waals surface area contributed by atoms with Crippen LogP contribution in [0.25, 0.3) is 0 Å². The molecule has 0 N–H and O–H groups in total. The van der Waals surface area contributed by atoms with E-state index in [9.17, 15) is 0 Å². The van der Waals surface area contributed by atoms with E-state index in [1.54, 1.807) is 6.21 Å². The molecule has 0 bridgehead atoms. The predicted molar refractivity (Wildman–Crippen MR) is 50.0 cm³/mol. The molecular formula is C8H14N4.